The van der Waals surface area contributed by atoms with Crippen molar-refractivity contribution in [2.45, 2.75) is 24.8 Å². The summed E-state index contributed by atoms with van der Waals surface area (Å²) in [6.07, 6.45) is 3.41. The molecule has 0 aromatic carbocycles. The predicted molar refractivity (Wildman–Crippen MR) is 109 cm³/mol. The molecule has 0 fully saturated rings. The number of ketones is 1. The molecule has 0 atom stereocenters. The molecular weight excluding hydrogens is 396 g/mol. The molecular formula is C18H16N6O2S2. The van der Waals surface area contributed by atoms with Gasteiger partial charge in [-0.25, -0.2) is 4.98 Å². The van der Waals surface area contributed by atoms with E-state index in [0.717, 1.165) is 11.4 Å². The number of nitrogens with one attached hydrogen (secondary N) is 1. The van der Waals surface area contributed by atoms with Crippen LogP contribution in [-0.4, -0.2) is 35.5 Å². The molecule has 10 heteroatoms. The lowest BCUT2D eigenvalue weighted by Crippen LogP contribution is -2.11. The van der Waals surface area contributed by atoms with Gasteiger partial charge >= 0.3 is 0 Å². The van der Waals surface area contributed by atoms with E-state index >= 15 is 0 Å². The van der Waals surface area contributed by atoms with Crippen LogP contribution in [0, 0.1) is 6.92 Å². The molecule has 4 heterocycles. The molecule has 4 rings (SSSR count). The first-order valence-electron chi connectivity index (χ1n) is 8.41. The summed E-state index contributed by atoms with van der Waals surface area (Å²) in [5.74, 6) is 1.65. The number of Topliss-reactive ketones (excluding diaryl/α,β-unsaturated/α-hetero) is 1. The monoisotopic (exact) mass is 412 g/mol. The second kappa shape index (κ2) is 7.28. The van der Waals surface area contributed by atoms with Crippen molar-refractivity contribution in [3.63, 3.8) is 0 Å². The SMILES string of the molecule is CC(=O)c1sc2nc(CSc3nnc(-c4ccncc4)n3C)[nH]c(=O)c2c1C. The van der Waals surface area contributed by atoms with E-state index in [9.17, 15) is 9.59 Å². The molecule has 8 nitrogen and oxygen atoms in total. The highest BCUT2D eigenvalue weighted by Gasteiger charge is 2.17. The first kappa shape index (κ1) is 18.5. The van der Waals surface area contributed by atoms with Crippen molar-refractivity contribution in [1.82, 2.24) is 29.7 Å². The van der Waals surface area contributed by atoms with Gasteiger partial charge in [0.2, 0.25) is 0 Å². The van der Waals surface area contributed by atoms with Gasteiger partial charge in [0.1, 0.15) is 10.7 Å². The van der Waals surface area contributed by atoms with E-state index in [1.165, 1.54) is 30.0 Å². The van der Waals surface area contributed by atoms with Crippen molar-refractivity contribution in [2.75, 3.05) is 0 Å². The maximum Gasteiger partial charge on any atom is 0.259 e. The van der Waals surface area contributed by atoms with Crippen LogP contribution in [0.3, 0.4) is 0 Å². The molecule has 0 amide bonds. The van der Waals surface area contributed by atoms with Crippen molar-refractivity contribution >= 4 is 39.1 Å². The zero-order valence-corrected chi connectivity index (χ0v) is 17.0. The minimum atomic E-state index is -0.225. The second-order valence-corrected chi connectivity index (χ2v) is 8.14. The summed E-state index contributed by atoms with van der Waals surface area (Å²) in [6.45, 7) is 3.28. The second-order valence-electron chi connectivity index (χ2n) is 6.19. The Bertz CT molecular complexity index is 1240. The predicted octanol–water partition coefficient (Wildman–Crippen LogP) is 2.98. The Kier molecular flexibility index (Phi) is 4.82. The molecule has 0 unspecified atom stereocenters. The highest BCUT2D eigenvalue weighted by molar-refractivity contribution is 7.98. The summed E-state index contributed by atoms with van der Waals surface area (Å²) in [5.41, 5.74) is 1.39. The van der Waals surface area contributed by atoms with Crippen molar-refractivity contribution in [3.8, 4) is 11.4 Å². The van der Waals surface area contributed by atoms with E-state index in [4.69, 9.17) is 0 Å². The van der Waals surface area contributed by atoms with Crippen LogP contribution in [0.25, 0.3) is 21.6 Å². The number of rotatable bonds is 5. The molecule has 4 aromatic rings. The van der Waals surface area contributed by atoms with E-state index in [2.05, 4.69) is 25.1 Å². The maximum atomic E-state index is 12.5. The van der Waals surface area contributed by atoms with Crippen LogP contribution >= 0.6 is 23.1 Å². The molecule has 0 radical (unpaired) electrons. The Morgan fingerprint density at radius 1 is 1.29 bits per heavy atom. The maximum absolute atomic E-state index is 12.5. The van der Waals surface area contributed by atoms with Crippen LogP contribution in [0.1, 0.15) is 28.0 Å². The van der Waals surface area contributed by atoms with Gasteiger partial charge in [0.05, 0.1) is 16.0 Å². The fourth-order valence-corrected chi connectivity index (χ4v) is 4.80. The van der Waals surface area contributed by atoms with Gasteiger partial charge in [0, 0.05) is 25.0 Å². The number of nitrogens with zero attached hydrogens (tertiary/aromatic N) is 5. The normalized spacial score (nSPS) is 11.2. The van der Waals surface area contributed by atoms with Gasteiger partial charge < -0.3 is 9.55 Å². The Morgan fingerprint density at radius 3 is 2.75 bits per heavy atom. The minimum Gasteiger partial charge on any atom is -0.309 e. The van der Waals surface area contributed by atoms with E-state index in [1.807, 2.05) is 23.7 Å². The Labute approximate surface area is 168 Å². The third-order valence-electron chi connectivity index (χ3n) is 4.28. The molecule has 28 heavy (non-hydrogen) atoms. The Hall–Kier alpha value is -2.85. The lowest BCUT2D eigenvalue weighted by molar-refractivity contribution is 0.102. The highest BCUT2D eigenvalue weighted by Crippen LogP contribution is 2.28. The lowest BCUT2D eigenvalue weighted by atomic mass is 10.2. The molecule has 0 aliphatic heterocycles. The summed E-state index contributed by atoms with van der Waals surface area (Å²) in [7, 11) is 1.89. The van der Waals surface area contributed by atoms with E-state index in [1.54, 1.807) is 19.3 Å². The van der Waals surface area contributed by atoms with Crippen molar-refractivity contribution < 1.29 is 4.79 Å². The van der Waals surface area contributed by atoms with Crippen molar-refractivity contribution in [2.24, 2.45) is 7.05 Å². The number of aryl methyl sites for hydroxylation is 1. The quantitative estimate of drug-likeness (QED) is 0.397. The fraction of sp³-hybridized carbons (Fsp3) is 0.222. The number of fused-ring (bicyclic) bond motifs is 1. The summed E-state index contributed by atoms with van der Waals surface area (Å²) >= 11 is 2.69. The zero-order valence-electron chi connectivity index (χ0n) is 15.4. The number of carbonyl (C=O) groups excluding carboxylic acids is 1. The van der Waals surface area contributed by atoms with Gasteiger partial charge in [0.15, 0.2) is 16.8 Å². The standard InChI is InChI=1S/C18H16N6O2S2/c1-9-13-16(26)20-12(21-17(13)28-14(9)10(2)25)8-27-18-23-22-15(24(18)3)11-4-6-19-7-5-11/h4-7H,8H2,1-3H3,(H,20,21,26). The number of carbonyl (C=O) groups is 1. The van der Waals surface area contributed by atoms with Crippen LogP contribution in [0.2, 0.25) is 0 Å². The van der Waals surface area contributed by atoms with Gasteiger partial charge in [-0.15, -0.1) is 21.5 Å². The Morgan fingerprint density at radius 2 is 2.04 bits per heavy atom. The number of aromatic amines is 1. The van der Waals surface area contributed by atoms with Crippen LogP contribution in [-0.2, 0) is 12.8 Å². The largest absolute Gasteiger partial charge is 0.309 e. The molecule has 0 saturated carbocycles. The minimum absolute atomic E-state index is 0.0569. The molecule has 0 bridgehead atoms. The smallest absolute Gasteiger partial charge is 0.259 e. The summed E-state index contributed by atoms with van der Waals surface area (Å²) in [5, 5.41) is 9.66. The van der Waals surface area contributed by atoms with Crippen molar-refractivity contribution in [1.29, 1.82) is 0 Å². The molecule has 0 aliphatic rings. The van der Waals surface area contributed by atoms with E-state index in [0.29, 0.717) is 37.4 Å². The molecule has 1 N–H and O–H groups in total. The van der Waals surface area contributed by atoms with Crippen LogP contribution in [0.5, 0.6) is 0 Å². The van der Waals surface area contributed by atoms with Crippen molar-refractivity contribution in [3.05, 3.63) is 51.1 Å². The number of hydrogen-bond donors (Lipinski definition) is 1. The first-order chi connectivity index (χ1) is 13.5. The third-order valence-corrected chi connectivity index (χ3v) is 6.60. The average Bonchev–Trinajstić information content (AvgIpc) is 3.21. The number of thiophene rings is 1. The van der Waals surface area contributed by atoms with E-state index in [-0.39, 0.29) is 11.3 Å². The topological polar surface area (TPSA) is 106 Å². The van der Waals surface area contributed by atoms with Gasteiger partial charge in [-0.05, 0) is 31.5 Å². The zero-order chi connectivity index (χ0) is 19.8. The first-order valence-corrected chi connectivity index (χ1v) is 10.2. The lowest BCUT2D eigenvalue weighted by Gasteiger charge is -2.04. The summed E-state index contributed by atoms with van der Waals surface area (Å²) in [4.78, 5) is 36.7. The summed E-state index contributed by atoms with van der Waals surface area (Å²) in [6, 6.07) is 3.74. The Balaban J connectivity index is 1.61. The van der Waals surface area contributed by atoms with Gasteiger partial charge in [-0.2, -0.15) is 0 Å². The number of thioether (sulfide) groups is 1. The van der Waals surface area contributed by atoms with Gasteiger partial charge in [-0.1, -0.05) is 11.8 Å². The van der Waals surface area contributed by atoms with Crippen LogP contribution < -0.4 is 5.56 Å². The molecule has 0 spiro atoms. The molecule has 0 saturated heterocycles. The highest BCUT2D eigenvalue weighted by atomic mass is 32.2. The number of hydrogen-bond acceptors (Lipinski definition) is 8. The van der Waals surface area contributed by atoms with Gasteiger partial charge in [-0.3, -0.25) is 14.6 Å². The van der Waals surface area contributed by atoms with Crippen LogP contribution in [0.4, 0.5) is 0 Å². The number of pyridine rings is 1. The summed E-state index contributed by atoms with van der Waals surface area (Å²) < 4.78 is 1.89. The molecule has 4 aromatic heterocycles. The fourth-order valence-electron chi connectivity index (χ4n) is 2.92. The number of aromatic nitrogens is 6. The van der Waals surface area contributed by atoms with Crippen LogP contribution in [0.15, 0.2) is 34.5 Å². The molecule has 142 valence electrons. The average molecular weight is 413 g/mol. The van der Waals surface area contributed by atoms with Gasteiger partial charge in [0.25, 0.3) is 5.56 Å². The molecule has 0 aliphatic carbocycles. The number of H-pyrrole nitrogens is 1. The van der Waals surface area contributed by atoms with E-state index < -0.39 is 0 Å². The third kappa shape index (κ3) is 3.25.